The van der Waals surface area contributed by atoms with E-state index in [-0.39, 0.29) is 11.7 Å². The van der Waals surface area contributed by atoms with Crippen LogP contribution < -0.4 is 4.90 Å². The van der Waals surface area contributed by atoms with Crippen molar-refractivity contribution in [3.63, 3.8) is 0 Å². The highest BCUT2D eigenvalue weighted by atomic mass is 19.1. The lowest BCUT2D eigenvalue weighted by atomic mass is 10.1. The average molecular weight is 257 g/mol. The molecule has 1 amide bonds. The van der Waals surface area contributed by atoms with Crippen LogP contribution in [0.4, 0.5) is 10.1 Å². The Bertz CT molecular complexity index is 605. The lowest BCUT2D eigenvalue weighted by Crippen LogP contribution is -2.26. The number of benzene rings is 2. The second-order valence-corrected chi connectivity index (χ2v) is 4.66. The summed E-state index contributed by atoms with van der Waals surface area (Å²) in [6, 6.07) is 11.9. The van der Waals surface area contributed by atoms with E-state index in [1.54, 1.807) is 18.9 Å². The molecular weight excluding hydrogens is 241 g/mol. The van der Waals surface area contributed by atoms with Crippen molar-refractivity contribution in [2.75, 3.05) is 11.9 Å². The fourth-order valence-electron chi connectivity index (χ4n) is 1.93. The molecule has 0 heterocycles. The lowest BCUT2D eigenvalue weighted by molar-refractivity contribution is 0.0992. The Morgan fingerprint density at radius 1 is 1.05 bits per heavy atom. The maximum Gasteiger partial charge on any atom is 0.258 e. The van der Waals surface area contributed by atoms with Crippen LogP contribution in [0, 0.1) is 19.7 Å². The van der Waals surface area contributed by atoms with Gasteiger partial charge in [0.2, 0.25) is 0 Å². The van der Waals surface area contributed by atoms with E-state index in [0.717, 1.165) is 11.3 Å². The van der Waals surface area contributed by atoms with Gasteiger partial charge in [-0.25, -0.2) is 4.39 Å². The van der Waals surface area contributed by atoms with Gasteiger partial charge in [-0.05, 0) is 49.7 Å². The van der Waals surface area contributed by atoms with Crippen molar-refractivity contribution in [2.45, 2.75) is 13.8 Å². The van der Waals surface area contributed by atoms with Crippen LogP contribution in [0.1, 0.15) is 21.5 Å². The summed E-state index contributed by atoms with van der Waals surface area (Å²) >= 11 is 0. The Morgan fingerprint density at radius 2 is 1.68 bits per heavy atom. The van der Waals surface area contributed by atoms with E-state index in [0.29, 0.717) is 11.1 Å². The van der Waals surface area contributed by atoms with E-state index in [2.05, 4.69) is 0 Å². The zero-order valence-corrected chi connectivity index (χ0v) is 11.3. The van der Waals surface area contributed by atoms with E-state index < -0.39 is 0 Å². The van der Waals surface area contributed by atoms with Gasteiger partial charge in [0.25, 0.3) is 5.91 Å². The summed E-state index contributed by atoms with van der Waals surface area (Å²) in [4.78, 5) is 13.9. The van der Waals surface area contributed by atoms with Gasteiger partial charge in [-0.2, -0.15) is 0 Å². The third-order valence-electron chi connectivity index (χ3n) is 3.14. The number of hydrogen-bond acceptors (Lipinski definition) is 1. The van der Waals surface area contributed by atoms with Crippen LogP contribution in [0.15, 0.2) is 42.5 Å². The van der Waals surface area contributed by atoms with Gasteiger partial charge in [0.15, 0.2) is 0 Å². The van der Waals surface area contributed by atoms with Crippen molar-refractivity contribution in [1.29, 1.82) is 0 Å². The number of amides is 1. The topological polar surface area (TPSA) is 20.3 Å². The number of halogens is 1. The Balaban J connectivity index is 2.30. The third kappa shape index (κ3) is 2.81. The van der Waals surface area contributed by atoms with E-state index in [9.17, 15) is 9.18 Å². The van der Waals surface area contributed by atoms with Crippen molar-refractivity contribution in [2.24, 2.45) is 0 Å². The summed E-state index contributed by atoms with van der Waals surface area (Å²) in [5, 5.41) is 0. The molecule has 0 aliphatic rings. The molecule has 0 bridgehead atoms. The number of nitrogens with zero attached hydrogens (tertiary/aromatic N) is 1. The first-order valence-electron chi connectivity index (χ1n) is 6.10. The number of carbonyl (C=O) groups excluding carboxylic acids is 1. The number of hydrogen-bond donors (Lipinski definition) is 0. The van der Waals surface area contributed by atoms with E-state index in [1.807, 2.05) is 31.2 Å². The van der Waals surface area contributed by atoms with Gasteiger partial charge in [0.05, 0.1) is 0 Å². The normalized spacial score (nSPS) is 10.3. The summed E-state index contributed by atoms with van der Waals surface area (Å²) < 4.78 is 13.1. The Hall–Kier alpha value is -2.16. The predicted octanol–water partition coefficient (Wildman–Crippen LogP) is 3.72. The van der Waals surface area contributed by atoms with Crippen LogP contribution in [0.3, 0.4) is 0 Å². The van der Waals surface area contributed by atoms with Crippen LogP contribution in [-0.4, -0.2) is 13.0 Å². The second-order valence-electron chi connectivity index (χ2n) is 4.66. The van der Waals surface area contributed by atoms with Gasteiger partial charge in [-0.1, -0.05) is 17.7 Å². The molecule has 19 heavy (non-hydrogen) atoms. The molecule has 0 radical (unpaired) electrons. The Morgan fingerprint density at radius 3 is 2.26 bits per heavy atom. The minimum absolute atomic E-state index is 0.138. The molecule has 0 saturated heterocycles. The molecule has 0 spiro atoms. The second kappa shape index (κ2) is 5.22. The van der Waals surface area contributed by atoms with E-state index in [1.165, 1.54) is 18.2 Å². The first kappa shape index (κ1) is 13.3. The molecule has 3 heteroatoms. The van der Waals surface area contributed by atoms with Crippen molar-refractivity contribution < 1.29 is 9.18 Å². The number of carbonyl (C=O) groups is 1. The molecule has 0 aromatic heterocycles. The predicted molar refractivity (Wildman–Crippen MR) is 75.0 cm³/mol. The largest absolute Gasteiger partial charge is 0.311 e. The molecule has 0 unspecified atom stereocenters. The number of rotatable bonds is 2. The minimum atomic E-state index is -0.327. The Kier molecular flexibility index (Phi) is 3.65. The SMILES string of the molecule is Cc1ccc(N(C)C(=O)c2ccc(F)cc2C)cc1. The Labute approximate surface area is 112 Å². The van der Waals surface area contributed by atoms with Crippen LogP contribution >= 0.6 is 0 Å². The monoisotopic (exact) mass is 257 g/mol. The molecular formula is C16H16FNO. The van der Waals surface area contributed by atoms with Gasteiger partial charge in [-0.3, -0.25) is 4.79 Å². The van der Waals surface area contributed by atoms with Crippen LogP contribution in [0.5, 0.6) is 0 Å². The average Bonchev–Trinajstić information content (AvgIpc) is 2.38. The fraction of sp³-hybridized carbons (Fsp3) is 0.188. The minimum Gasteiger partial charge on any atom is -0.311 e. The summed E-state index contributed by atoms with van der Waals surface area (Å²) in [6.07, 6.45) is 0. The zero-order chi connectivity index (χ0) is 14.0. The standard InChI is InChI=1S/C16H16FNO/c1-11-4-7-14(8-5-11)18(3)16(19)15-9-6-13(17)10-12(15)2/h4-10H,1-3H3. The molecule has 2 nitrogen and oxygen atoms in total. The maximum atomic E-state index is 13.1. The molecule has 0 aliphatic carbocycles. The van der Waals surface area contributed by atoms with Gasteiger partial charge >= 0.3 is 0 Å². The van der Waals surface area contributed by atoms with Gasteiger partial charge in [0.1, 0.15) is 5.82 Å². The fourth-order valence-corrected chi connectivity index (χ4v) is 1.93. The van der Waals surface area contributed by atoms with Crippen molar-refractivity contribution in [3.8, 4) is 0 Å². The van der Waals surface area contributed by atoms with E-state index >= 15 is 0 Å². The summed E-state index contributed by atoms with van der Waals surface area (Å²) in [6.45, 7) is 3.73. The molecule has 0 atom stereocenters. The highest BCUT2D eigenvalue weighted by Gasteiger charge is 2.15. The third-order valence-corrected chi connectivity index (χ3v) is 3.14. The van der Waals surface area contributed by atoms with Crippen molar-refractivity contribution in [3.05, 3.63) is 65.0 Å². The highest BCUT2D eigenvalue weighted by molar-refractivity contribution is 6.06. The summed E-state index contributed by atoms with van der Waals surface area (Å²) in [5.41, 5.74) is 3.12. The van der Waals surface area contributed by atoms with Gasteiger partial charge in [-0.15, -0.1) is 0 Å². The zero-order valence-electron chi connectivity index (χ0n) is 11.3. The lowest BCUT2D eigenvalue weighted by Gasteiger charge is -2.18. The molecule has 0 fully saturated rings. The molecule has 0 saturated carbocycles. The summed E-state index contributed by atoms with van der Waals surface area (Å²) in [7, 11) is 1.72. The number of anilines is 1. The van der Waals surface area contributed by atoms with Crippen molar-refractivity contribution >= 4 is 11.6 Å². The number of aryl methyl sites for hydroxylation is 2. The first-order valence-corrected chi connectivity index (χ1v) is 6.10. The van der Waals surface area contributed by atoms with Crippen molar-refractivity contribution in [1.82, 2.24) is 0 Å². The van der Waals surface area contributed by atoms with Gasteiger partial charge in [0, 0.05) is 18.3 Å². The first-order chi connectivity index (χ1) is 8.99. The highest BCUT2D eigenvalue weighted by Crippen LogP contribution is 2.18. The van der Waals surface area contributed by atoms with E-state index in [4.69, 9.17) is 0 Å². The smallest absolute Gasteiger partial charge is 0.258 e. The maximum absolute atomic E-state index is 13.1. The van der Waals surface area contributed by atoms with Crippen LogP contribution in [-0.2, 0) is 0 Å². The van der Waals surface area contributed by atoms with Gasteiger partial charge < -0.3 is 4.90 Å². The summed E-state index contributed by atoms with van der Waals surface area (Å²) in [5.74, 6) is -0.464. The van der Waals surface area contributed by atoms with Crippen LogP contribution in [0.25, 0.3) is 0 Å². The quantitative estimate of drug-likeness (QED) is 0.803. The van der Waals surface area contributed by atoms with Crippen LogP contribution in [0.2, 0.25) is 0 Å². The molecule has 2 rings (SSSR count). The molecule has 98 valence electrons. The molecule has 2 aromatic carbocycles. The molecule has 0 aliphatic heterocycles. The molecule has 2 aromatic rings. The molecule has 0 N–H and O–H groups in total.